The lowest BCUT2D eigenvalue weighted by molar-refractivity contribution is 0.0606. The predicted molar refractivity (Wildman–Crippen MR) is 129 cm³/mol. The van der Waals surface area contributed by atoms with E-state index < -0.39 is 0 Å². The highest BCUT2D eigenvalue weighted by atomic mass is 32.1. The molecule has 2 aromatic rings. The minimum Gasteiger partial charge on any atom is -0.465 e. The van der Waals surface area contributed by atoms with Gasteiger partial charge in [0.15, 0.2) is 0 Å². The number of carbonyl (C=O) groups is 1. The van der Waals surface area contributed by atoms with E-state index in [1.807, 2.05) is 6.07 Å². The molecule has 3 rings (SSSR count). The quantitative estimate of drug-likeness (QED) is 0.293. The van der Waals surface area contributed by atoms with E-state index in [-0.39, 0.29) is 12.1 Å². The lowest BCUT2D eigenvalue weighted by Gasteiger charge is -2.17. The Balaban J connectivity index is 1.57. The second-order valence-corrected chi connectivity index (χ2v) is 9.88. The van der Waals surface area contributed by atoms with Crippen molar-refractivity contribution in [2.75, 3.05) is 7.11 Å². The Kier molecular flexibility index (Phi) is 8.91. The number of unbranched alkanes of at least 4 members (excludes halogenated alkanes) is 2. The van der Waals surface area contributed by atoms with Gasteiger partial charge >= 0.3 is 5.97 Å². The Labute approximate surface area is 191 Å². The number of ether oxygens (including phenoxy) is 1. The average molecular weight is 441 g/mol. The molecular formula is C27H36O3S. The first-order valence-corrected chi connectivity index (χ1v) is 12.5. The summed E-state index contributed by atoms with van der Waals surface area (Å²) in [7, 11) is 1.43. The third-order valence-electron chi connectivity index (χ3n) is 6.45. The van der Waals surface area contributed by atoms with E-state index >= 15 is 0 Å². The number of carbonyl (C=O) groups excluding carboxylic acids is 1. The van der Waals surface area contributed by atoms with E-state index in [1.165, 1.54) is 60.8 Å². The van der Waals surface area contributed by atoms with Gasteiger partial charge in [-0.2, -0.15) is 0 Å². The van der Waals surface area contributed by atoms with Gasteiger partial charge in [0.2, 0.25) is 0 Å². The fourth-order valence-electron chi connectivity index (χ4n) is 4.67. The number of rotatable bonds is 11. The van der Waals surface area contributed by atoms with Crippen molar-refractivity contribution in [2.24, 2.45) is 5.92 Å². The highest BCUT2D eigenvalue weighted by molar-refractivity contribution is 7.13. The average Bonchev–Trinajstić information content (AvgIpc) is 3.40. The molecule has 0 spiro atoms. The molecule has 1 heterocycles. The first kappa shape index (κ1) is 23.7. The highest BCUT2D eigenvalue weighted by Crippen LogP contribution is 2.41. The zero-order valence-electron chi connectivity index (χ0n) is 19.2. The summed E-state index contributed by atoms with van der Waals surface area (Å²) in [4.78, 5) is 13.6. The SMILES string of the molecule is CCCCCC(O)c1ccc(C2=C(C)CC[C@@H]2CCCc2ccc(C(=O)OC)s2)cc1. The van der Waals surface area contributed by atoms with Crippen LogP contribution in [0, 0.1) is 5.92 Å². The molecule has 168 valence electrons. The summed E-state index contributed by atoms with van der Waals surface area (Å²) < 4.78 is 4.81. The Bertz CT molecular complexity index is 878. The number of esters is 1. The molecule has 0 fully saturated rings. The topological polar surface area (TPSA) is 46.5 Å². The van der Waals surface area contributed by atoms with Crippen molar-refractivity contribution in [3.63, 3.8) is 0 Å². The maximum atomic E-state index is 11.6. The molecule has 0 saturated carbocycles. The molecule has 1 aliphatic rings. The molecule has 2 atom stereocenters. The molecule has 1 aliphatic carbocycles. The van der Waals surface area contributed by atoms with Crippen LogP contribution in [0.15, 0.2) is 42.0 Å². The van der Waals surface area contributed by atoms with Crippen molar-refractivity contribution in [2.45, 2.75) is 77.7 Å². The zero-order valence-corrected chi connectivity index (χ0v) is 20.0. The Hall–Kier alpha value is -1.91. The van der Waals surface area contributed by atoms with Gasteiger partial charge in [0, 0.05) is 4.88 Å². The van der Waals surface area contributed by atoms with Crippen LogP contribution in [0.2, 0.25) is 0 Å². The van der Waals surface area contributed by atoms with Gasteiger partial charge in [0.25, 0.3) is 0 Å². The third kappa shape index (κ3) is 6.30. The molecule has 0 saturated heterocycles. The molecule has 1 N–H and O–H groups in total. The molecular weight excluding hydrogens is 404 g/mol. The Morgan fingerprint density at radius 3 is 2.65 bits per heavy atom. The number of aliphatic hydroxyl groups excluding tert-OH is 1. The van der Waals surface area contributed by atoms with Gasteiger partial charge in [0.1, 0.15) is 4.88 Å². The van der Waals surface area contributed by atoms with Crippen LogP contribution in [0.4, 0.5) is 0 Å². The molecule has 1 unspecified atom stereocenters. The Morgan fingerprint density at radius 1 is 1.16 bits per heavy atom. The van der Waals surface area contributed by atoms with Crippen LogP contribution in [-0.4, -0.2) is 18.2 Å². The van der Waals surface area contributed by atoms with E-state index in [2.05, 4.69) is 44.2 Å². The summed E-state index contributed by atoms with van der Waals surface area (Å²) in [5, 5.41) is 10.4. The minimum atomic E-state index is -0.351. The van der Waals surface area contributed by atoms with Crippen LogP contribution in [0.25, 0.3) is 5.57 Å². The van der Waals surface area contributed by atoms with E-state index in [1.54, 1.807) is 11.3 Å². The van der Waals surface area contributed by atoms with E-state index in [4.69, 9.17) is 4.74 Å². The lowest BCUT2D eigenvalue weighted by Crippen LogP contribution is -2.02. The molecule has 0 aliphatic heterocycles. The van der Waals surface area contributed by atoms with Gasteiger partial charge in [-0.05, 0) is 80.2 Å². The summed E-state index contributed by atoms with van der Waals surface area (Å²) in [5.74, 6) is 0.354. The monoisotopic (exact) mass is 440 g/mol. The van der Waals surface area contributed by atoms with Crippen LogP contribution < -0.4 is 0 Å². The second kappa shape index (κ2) is 11.6. The van der Waals surface area contributed by atoms with Crippen molar-refractivity contribution in [3.05, 3.63) is 62.9 Å². The maximum absolute atomic E-state index is 11.6. The predicted octanol–water partition coefficient (Wildman–Crippen LogP) is 7.35. The third-order valence-corrected chi connectivity index (χ3v) is 7.57. The first-order chi connectivity index (χ1) is 15.0. The van der Waals surface area contributed by atoms with Crippen LogP contribution in [0.5, 0.6) is 0 Å². The summed E-state index contributed by atoms with van der Waals surface area (Å²) in [6.45, 7) is 4.46. The number of allylic oxidation sites excluding steroid dienone is 2. The summed E-state index contributed by atoms with van der Waals surface area (Å²) >= 11 is 1.55. The van der Waals surface area contributed by atoms with Crippen LogP contribution in [0.1, 0.15) is 97.0 Å². The molecule has 3 nitrogen and oxygen atoms in total. The van der Waals surface area contributed by atoms with Gasteiger partial charge in [0.05, 0.1) is 13.2 Å². The van der Waals surface area contributed by atoms with Gasteiger partial charge < -0.3 is 9.84 Å². The van der Waals surface area contributed by atoms with Crippen molar-refractivity contribution in [3.8, 4) is 0 Å². The van der Waals surface area contributed by atoms with Gasteiger partial charge in [-0.15, -0.1) is 11.3 Å². The number of hydrogen-bond donors (Lipinski definition) is 1. The summed E-state index contributed by atoms with van der Waals surface area (Å²) in [6.07, 6.45) is 9.62. The van der Waals surface area contributed by atoms with Crippen molar-refractivity contribution >= 4 is 22.9 Å². The molecule has 0 amide bonds. The largest absolute Gasteiger partial charge is 0.465 e. The Morgan fingerprint density at radius 2 is 1.94 bits per heavy atom. The van der Waals surface area contributed by atoms with Crippen molar-refractivity contribution in [1.82, 2.24) is 0 Å². The lowest BCUT2D eigenvalue weighted by atomic mass is 9.88. The maximum Gasteiger partial charge on any atom is 0.348 e. The fourth-order valence-corrected chi connectivity index (χ4v) is 5.64. The van der Waals surface area contributed by atoms with E-state index in [0.29, 0.717) is 10.8 Å². The zero-order chi connectivity index (χ0) is 22.2. The second-order valence-electron chi connectivity index (χ2n) is 8.71. The van der Waals surface area contributed by atoms with Crippen molar-refractivity contribution < 1.29 is 14.6 Å². The van der Waals surface area contributed by atoms with Gasteiger partial charge in [-0.3, -0.25) is 0 Å². The molecule has 1 aromatic carbocycles. The molecule has 0 bridgehead atoms. The normalized spacial score (nSPS) is 17.2. The smallest absolute Gasteiger partial charge is 0.348 e. The van der Waals surface area contributed by atoms with Crippen LogP contribution in [0.3, 0.4) is 0 Å². The van der Waals surface area contributed by atoms with Crippen molar-refractivity contribution in [1.29, 1.82) is 0 Å². The fraction of sp³-hybridized carbons (Fsp3) is 0.519. The van der Waals surface area contributed by atoms with Gasteiger partial charge in [-0.1, -0.05) is 56.0 Å². The van der Waals surface area contributed by atoms with E-state index in [9.17, 15) is 9.90 Å². The number of aryl methyl sites for hydroxylation is 1. The number of methoxy groups -OCH3 is 1. The van der Waals surface area contributed by atoms with Crippen LogP contribution in [-0.2, 0) is 11.2 Å². The van der Waals surface area contributed by atoms with E-state index in [0.717, 1.165) is 31.2 Å². The molecule has 1 aromatic heterocycles. The number of aliphatic hydroxyl groups is 1. The van der Waals surface area contributed by atoms with Crippen LogP contribution >= 0.6 is 11.3 Å². The molecule has 0 radical (unpaired) electrons. The minimum absolute atomic E-state index is 0.244. The highest BCUT2D eigenvalue weighted by Gasteiger charge is 2.24. The molecule has 31 heavy (non-hydrogen) atoms. The first-order valence-electron chi connectivity index (χ1n) is 11.7. The molecule has 4 heteroatoms. The van der Waals surface area contributed by atoms with Gasteiger partial charge in [-0.25, -0.2) is 4.79 Å². The number of benzene rings is 1. The number of thiophene rings is 1. The standard InChI is InChI=1S/C27H36O3S/c1-4-5-6-10-24(28)20-13-15-22(16-14-20)26-19(2)11-12-21(26)8-7-9-23-17-18-25(31-23)27(29)30-3/h13-18,21,24,28H,4-12H2,1-3H3/t21-,24?/m0/s1. The summed E-state index contributed by atoms with van der Waals surface area (Å²) in [6, 6.07) is 12.6. The summed E-state index contributed by atoms with van der Waals surface area (Å²) in [5.41, 5.74) is 5.36. The number of hydrogen-bond acceptors (Lipinski definition) is 4.